The van der Waals surface area contributed by atoms with Crippen LogP contribution >= 0.6 is 0 Å². The predicted molar refractivity (Wildman–Crippen MR) is 108 cm³/mol. The monoisotopic (exact) mass is 382 g/mol. The summed E-state index contributed by atoms with van der Waals surface area (Å²) in [6.07, 6.45) is 4.17. The summed E-state index contributed by atoms with van der Waals surface area (Å²) in [6, 6.07) is 13.0. The maximum absolute atomic E-state index is 14.0. The zero-order valence-electron chi connectivity index (χ0n) is 16.4. The van der Waals surface area contributed by atoms with Crippen molar-refractivity contribution in [2.75, 3.05) is 31.1 Å². The van der Waals surface area contributed by atoms with E-state index in [0.29, 0.717) is 31.9 Å². The maximum Gasteiger partial charge on any atom is 0.263 e. The molecule has 0 saturated carbocycles. The van der Waals surface area contributed by atoms with Crippen LogP contribution in [0.4, 0.5) is 10.1 Å². The largest absolute Gasteiger partial charge is 0.481 e. The second kappa shape index (κ2) is 8.21. The van der Waals surface area contributed by atoms with Crippen molar-refractivity contribution < 1.29 is 13.9 Å². The number of ether oxygens (including phenoxy) is 1. The van der Waals surface area contributed by atoms with Gasteiger partial charge in [0.25, 0.3) is 5.91 Å². The van der Waals surface area contributed by atoms with Gasteiger partial charge in [0.2, 0.25) is 0 Å². The minimum absolute atomic E-state index is 0.00842. The van der Waals surface area contributed by atoms with Gasteiger partial charge in [-0.2, -0.15) is 0 Å². The van der Waals surface area contributed by atoms with Gasteiger partial charge >= 0.3 is 0 Å². The molecule has 0 radical (unpaired) electrons. The lowest BCUT2D eigenvalue weighted by atomic mass is 9.92. The molecule has 1 saturated heterocycles. The molecule has 1 amide bonds. The molecule has 1 fully saturated rings. The van der Waals surface area contributed by atoms with Gasteiger partial charge in [-0.3, -0.25) is 4.79 Å². The van der Waals surface area contributed by atoms with Gasteiger partial charge in [0.05, 0.1) is 5.69 Å². The molecule has 28 heavy (non-hydrogen) atoms. The number of nitrogens with zero attached hydrogens (tertiary/aromatic N) is 2. The summed E-state index contributed by atoms with van der Waals surface area (Å²) in [4.78, 5) is 16.6. The number of fused-ring (bicyclic) bond motifs is 1. The molecule has 1 heterocycles. The minimum Gasteiger partial charge on any atom is -0.481 e. The van der Waals surface area contributed by atoms with Crippen LogP contribution in [0, 0.1) is 5.82 Å². The number of para-hydroxylation sites is 1. The molecule has 1 atom stereocenters. The lowest BCUT2D eigenvalue weighted by molar-refractivity contribution is -0.138. The highest BCUT2D eigenvalue weighted by molar-refractivity contribution is 5.81. The Bertz CT molecular complexity index is 846. The molecule has 0 unspecified atom stereocenters. The van der Waals surface area contributed by atoms with Crippen LogP contribution in [0.25, 0.3) is 0 Å². The third kappa shape index (κ3) is 3.98. The van der Waals surface area contributed by atoms with E-state index in [9.17, 15) is 9.18 Å². The molecule has 0 aromatic heterocycles. The van der Waals surface area contributed by atoms with Crippen molar-refractivity contribution in [1.29, 1.82) is 0 Å². The number of hydrogen-bond donors (Lipinski definition) is 0. The normalized spacial score (nSPS) is 17.8. The maximum atomic E-state index is 14.0. The first-order valence-electron chi connectivity index (χ1n) is 10.2. The molecule has 0 N–H and O–H groups in total. The van der Waals surface area contributed by atoms with E-state index >= 15 is 0 Å². The van der Waals surface area contributed by atoms with Crippen LogP contribution in [0.1, 0.15) is 30.9 Å². The van der Waals surface area contributed by atoms with Crippen molar-refractivity contribution in [3.63, 3.8) is 0 Å². The predicted octanol–water partition coefficient (Wildman–Crippen LogP) is 3.82. The van der Waals surface area contributed by atoms with Crippen LogP contribution in [0.3, 0.4) is 0 Å². The standard InChI is InChI=1S/C23H27FN2O2/c1-17(28-20-11-10-18-6-2-3-7-19(18)16-20)23(27)26-14-12-25(13-15-26)22-9-5-4-8-21(22)24/h4-5,8-11,16-17H,2-3,6-7,12-15H2,1H3/t17-/m0/s1. The number of piperazine rings is 1. The first-order chi connectivity index (χ1) is 13.6. The van der Waals surface area contributed by atoms with E-state index in [1.807, 2.05) is 28.9 Å². The highest BCUT2D eigenvalue weighted by atomic mass is 19.1. The average Bonchev–Trinajstić information content (AvgIpc) is 2.73. The number of benzene rings is 2. The Hall–Kier alpha value is -2.56. The number of carbonyl (C=O) groups is 1. The summed E-state index contributed by atoms with van der Waals surface area (Å²) in [6.45, 7) is 4.21. The SMILES string of the molecule is C[C@H](Oc1ccc2c(c1)CCCC2)C(=O)N1CCN(c2ccccc2F)CC1. The van der Waals surface area contributed by atoms with E-state index in [2.05, 4.69) is 12.1 Å². The molecule has 2 aromatic rings. The number of halogens is 1. The lowest BCUT2D eigenvalue weighted by Gasteiger charge is -2.37. The number of hydrogen-bond acceptors (Lipinski definition) is 3. The van der Waals surface area contributed by atoms with Crippen molar-refractivity contribution in [1.82, 2.24) is 4.90 Å². The van der Waals surface area contributed by atoms with Crippen LogP contribution < -0.4 is 9.64 Å². The van der Waals surface area contributed by atoms with Gasteiger partial charge in [-0.25, -0.2) is 4.39 Å². The molecule has 5 heteroatoms. The summed E-state index contributed by atoms with van der Waals surface area (Å²) in [5.74, 6) is 0.545. The van der Waals surface area contributed by atoms with Gasteiger partial charge in [-0.15, -0.1) is 0 Å². The molecular formula is C23H27FN2O2. The van der Waals surface area contributed by atoms with Crippen LogP contribution in [0.15, 0.2) is 42.5 Å². The Kier molecular flexibility index (Phi) is 5.51. The summed E-state index contributed by atoms with van der Waals surface area (Å²) in [5.41, 5.74) is 3.36. The van der Waals surface area contributed by atoms with E-state index in [1.165, 1.54) is 30.0 Å². The molecule has 0 bridgehead atoms. The Labute approximate surface area is 165 Å². The van der Waals surface area contributed by atoms with Crippen molar-refractivity contribution in [3.8, 4) is 5.75 Å². The van der Waals surface area contributed by atoms with Crippen LogP contribution in [-0.4, -0.2) is 43.1 Å². The van der Waals surface area contributed by atoms with Crippen LogP contribution in [0.5, 0.6) is 5.75 Å². The zero-order valence-corrected chi connectivity index (χ0v) is 16.4. The smallest absolute Gasteiger partial charge is 0.263 e. The molecule has 4 nitrogen and oxygen atoms in total. The molecule has 0 spiro atoms. The van der Waals surface area contributed by atoms with E-state index in [1.54, 1.807) is 12.1 Å². The first kappa shape index (κ1) is 18.8. The van der Waals surface area contributed by atoms with Crippen LogP contribution in [0.2, 0.25) is 0 Å². The Morgan fingerprint density at radius 3 is 2.46 bits per heavy atom. The van der Waals surface area contributed by atoms with E-state index in [-0.39, 0.29) is 11.7 Å². The fraction of sp³-hybridized carbons (Fsp3) is 0.435. The van der Waals surface area contributed by atoms with Gasteiger partial charge < -0.3 is 14.5 Å². The zero-order chi connectivity index (χ0) is 19.5. The second-order valence-corrected chi connectivity index (χ2v) is 7.66. The third-order valence-corrected chi connectivity index (χ3v) is 5.77. The van der Waals surface area contributed by atoms with Gasteiger partial charge in [0.1, 0.15) is 11.6 Å². The molecular weight excluding hydrogens is 355 g/mol. The molecule has 1 aliphatic carbocycles. The molecule has 4 rings (SSSR count). The van der Waals surface area contributed by atoms with Crippen molar-refractivity contribution >= 4 is 11.6 Å². The van der Waals surface area contributed by atoms with Crippen molar-refractivity contribution in [3.05, 3.63) is 59.4 Å². The van der Waals surface area contributed by atoms with E-state index in [4.69, 9.17) is 4.74 Å². The molecule has 148 valence electrons. The van der Waals surface area contributed by atoms with Gasteiger partial charge in [-0.1, -0.05) is 18.2 Å². The fourth-order valence-electron chi connectivity index (χ4n) is 4.17. The minimum atomic E-state index is -0.526. The fourth-order valence-corrected chi connectivity index (χ4v) is 4.17. The van der Waals surface area contributed by atoms with Gasteiger partial charge in [0, 0.05) is 26.2 Å². The quantitative estimate of drug-likeness (QED) is 0.806. The summed E-state index contributed by atoms with van der Waals surface area (Å²) < 4.78 is 19.9. The van der Waals surface area contributed by atoms with Gasteiger partial charge in [0.15, 0.2) is 6.10 Å². The lowest BCUT2D eigenvalue weighted by Crippen LogP contribution is -2.52. The summed E-state index contributed by atoms with van der Waals surface area (Å²) in [5, 5.41) is 0. The topological polar surface area (TPSA) is 32.8 Å². The van der Waals surface area contributed by atoms with Gasteiger partial charge in [-0.05, 0) is 68.0 Å². The van der Waals surface area contributed by atoms with E-state index < -0.39 is 6.10 Å². The first-order valence-corrected chi connectivity index (χ1v) is 10.2. The highest BCUT2D eigenvalue weighted by Gasteiger charge is 2.27. The van der Waals surface area contributed by atoms with Crippen LogP contribution in [-0.2, 0) is 17.6 Å². The second-order valence-electron chi connectivity index (χ2n) is 7.66. The van der Waals surface area contributed by atoms with E-state index in [0.717, 1.165) is 18.6 Å². The number of carbonyl (C=O) groups excluding carboxylic acids is 1. The Morgan fingerprint density at radius 2 is 1.71 bits per heavy atom. The van der Waals surface area contributed by atoms with Crippen molar-refractivity contribution in [2.24, 2.45) is 0 Å². The number of amides is 1. The highest BCUT2D eigenvalue weighted by Crippen LogP contribution is 2.26. The molecule has 2 aromatic carbocycles. The number of rotatable bonds is 4. The Morgan fingerprint density at radius 1 is 1.00 bits per heavy atom. The molecule has 1 aliphatic heterocycles. The van der Waals surface area contributed by atoms with Crippen molar-refractivity contribution in [2.45, 2.75) is 38.7 Å². The summed E-state index contributed by atoms with van der Waals surface area (Å²) >= 11 is 0. The number of anilines is 1. The average molecular weight is 382 g/mol. The third-order valence-electron chi connectivity index (χ3n) is 5.77. The molecule has 2 aliphatic rings. The number of aryl methyl sites for hydroxylation is 2. The summed E-state index contributed by atoms with van der Waals surface area (Å²) in [7, 11) is 0. The Balaban J connectivity index is 1.34.